The number of nitrogens with zero attached hydrogens (tertiary/aromatic N) is 2. The number of β-amino-alcohol motifs (C(OH)–C–C–N with tert-alkyl or cyclic N) is 1. The minimum atomic E-state index is -0.462. The van der Waals surface area contributed by atoms with Crippen molar-refractivity contribution in [2.45, 2.75) is 38.5 Å². The van der Waals surface area contributed by atoms with E-state index in [0.717, 1.165) is 32.6 Å². The van der Waals surface area contributed by atoms with Gasteiger partial charge in [0.15, 0.2) is 0 Å². The molecule has 0 spiro atoms. The number of aliphatic hydroxyl groups excluding tert-OH is 1. The molecule has 2 unspecified atom stereocenters. The van der Waals surface area contributed by atoms with Crippen LogP contribution in [0, 0.1) is 0 Å². The summed E-state index contributed by atoms with van der Waals surface area (Å²) in [6.07, 6.45) is 0.268. The molecule has 0 bridgehead atoms. The summed E-state index contributed by atoms with van der Waals surface area (Å²) in [5, 5.41) is 10.3. The lowest BCUT2D eigenvalue weighted by Gasteiger charge is -2.38. The highest BCUT2D eigenvalue weighted by Crippen LogP contribution is 2.09. The molecule has 1 fully saturated rings. The SMILES string of the molecule is CC(C)N1CCN(CC(O)C(N)Cc2ccccc2)CC1. The molecule has 21 heavy (non-hydrogen) atoms. The fraction of sp³-hybridized carbons (Fsp3) is 0.647. The van der Waals surface area contributed by atoms with E-state index in [2.05, 4.69) is 35.8 Å². The van der Waals surface area contributed by atoms with Crippen molar-refractivity contribution in [1.29, 1.82) is 0 Å². The largest absolute Gasteiger partial charge is 0.390 e. The Morgan fingerprint density at radius 3 is 2.29 bits per heavy atom. The zero-order valence-electron chi connectivity index (χ0n) is 13.3. The Morgan fingerprint density at radius 2 is 1.71 bits per heavy atom. The van der Waals surface area contributed by atoms with Crippen LogP contribution in [0.1, 0.15) is 19.4 Å². The van der Waals surface area contributed by atoms with E-state index in [4.69, 9.17) is 5.73 Å². The quantitative estimate of drug-likeness (QED) is 0.819. The highest BCUT2D eigenvalue weighted by Gasteiger charge is 2.23. The van der Waals surface area contributed by atoms with Gasteiger partial charge >= 0.3 is 0 Å². The number of rotatable bonds is 6. The molecule has 1 aliphatic rings. The van der Waals surface area contributed by atoms with Gasteiger partial charge in [-0.15, -0.1) is 0 Å². The molecule has 3 N–H and O–H groups in total. The van der Waals surface area contributed by atoms with Gasteiger partial charge in [0.2, 0.25) is 0 Å². The Balaban J connectivity index is 1.75. The van der Waals surface area contributed by atoms with Crippen molar-refractivity contribution in [3.63, 3.8) is 0 Å². The summed E-state index contributed by atoms with van der Waals surface area (Å²) in [5.41, 5.74) is 7.34. The van der Waals surface area contributed by atoms with Gasteiger partial charge in [0, 0.05) is 44.8 Å². The van der Waals surface area contributed by atoms with E-state index < -0.39 is 6.10 Å². The second kappa shape index (κ2) is 7.90. The van der Waals surface area contributed by atoms with E-state index in [-0.39, 0.29) is 6.04 Å². The van der Waals surface area contributed by atoms with Gasteiger partial charge in [-0.3, -0.25) is 9.80 Å². The van der Waals surface area contributed by atoms with Crippen LogP contribution in [0.2, 0.25) is 0 Å². The number of aliphatic hydroxyl groups is 1. The molecule has 0 aromatic heterocycles. The van der Waals surface area contributed by atoms with Crippen LogP contribution >= 0.6 is 0 Å². The molecule has 1 aromatic rings. The van der Waals surface area contributed by atoms with Crippen molar-refractivity contribution >= 4 is 0 Å². The molecule has 2 rings (SSSR count). The predicted octanol–water partition coefficient (Wildman–Crippen LogP) is 0.943. The normalized spacial score (nSPS) is 20.6. The topological polar surface area (TPSA) is 52.7 Å². The summed E-state index contributed by atoms with van der Waals surface area (Å²) in [6.45, 7) is 9.36. The molecule has 0 amide bonds. The predicted molar refractivity (Wildman–Crippen MR) is 87.3 cm³/mol. The van der Waals surface area contributed by atoms with Gasteiger partial charge in [-0.25, -0.2) is 0 Å². The zero-order chi connectivity index (χ0) is 15.2. The highest BCUT2D eigenvalue weighted by molar-refractivity contribution is 5.16. The lowest BCUT2D eigenvalue weighted by Crippen LogP contribution is -2.53. The van der Waals surface area contributed by atoms with Crippen LogP contribution in [-0.4, -0.2) is 65.8 Å². The zero-order valence-corrected chi connectivity index (χ0v) is 13.3. The second-order valence-electron chi connectivity index (χ2n) is 6.35. The van der Waals surface area contributed by atoms with Gasteiger partial charge in [-0.05, 0) is 25.8 Å². The van der Waals surface area contributed by atoms with Crippen LogP contribution in [0.5, 0.6) is 0 Å². The summed E-state index contributed by atoms with van der Waals surface area (Å²) in [7, 11) is 0. The van der Waals surface area contributed by atoms with Crippen LogP contribution in [0.4, 0.5) is 0 Å². The summed E-state index contributed by atoms with van der Waals surface area (Å²) in [4.78, 5) is 4.81. The van der Waals surface area contributed by atoms with E-state index in [1.165, 1.54) is 5.56 Å². The third-order valence-electron chi connectivity index (χ3n) is 4.39. The fourth-order valence-corrected chi connectivity index (χ4v) is 2.88. The van der Waals surface area contributed by atoms with Crippen molar-refractivity contribution < 1.29 is 5.11 Å². The van der Waals surface area contributed by atoms with Gasteiger partial charge in [0.1, 0.15) is 0 Å². The van der Waals surface area contributed by atoms with Crippen LogP contribution in [0.15, 0.2) is 30.3 Å². The monoisotopic (exact) mass is 291 g/mol. The minimum Gasteiger partial charge on any atom is -0.390 e. The Labute approximate surface area is 128 Å². The molecule has 2 atom stereocenters. The van der Waals surface area contributed by atoms with E-state index in [1.807, 2.05) is 18.2 Å². The maximum atomic E-state index is 10.3. The average Bonchev–Trinajstić information content (AvgIpc) is 2.48. The Kier molecular flexibility index (Phi) is 6.18. The highest BCUT2D eigenvalue weighted by atomic mass is 16.3. The van der Waals surface area contributed by atoms with Crippen molar-refractivity contribution in [1.82, 2.24) is 9.80 Å². The number of nitrogens with two attached hydrogens (primary N) is 1. The molecule has 0 saturated carbocycles. The molecule has 1 aliphatic heterocycles. The summed E-state index contributed by atoms with van der Waals surface area (Å²) < 4.78 is 0. The van der Waals surface area contributed by atoms with E-state index in [0.29, 0.717) is 12.6 Å². The fourth-order valence-electron chi connectivity index (χ4n) is 2.88. The van der Waals surface area contributed by atoms with Crippen LogP contribution < -0.4 is 5.73 Å². The number of hydrogen-bond acceptors (Lipinski definition) is 4. The third-order valence-corrected chi connectivity index (χ3v) is 4.39. The molecule has 0 radical (unpaired) electrons. The average molecular weight is 291 g/mol. The minimum absolute atomic E-state index is 0.199. The maximum Gasteiger partial charge on any atom is 0.0820 e. The third kappa shape index (κ3) is 5.08. The van der Waals surface area contributed by atoms with Gasteiger partial charge < -0.3 is 10.8 Å². The van der Waals surface area contributed by atoms with E-state index >= 15 is 0 Å². The molecular weight excluding hydrogens is 262 g/mol. The summed E-state index contributed by atoms with van der Waals surface area (Å²) in [5.74, 6) is 0. The van der Waals surface area contributed by atoms with Crippen molar-refractivity contribution in [3.05, 3.63) is 35.9 Å². The molecular formula is C17H29N3O. The molecule has 1 heterocycles. The van der Waals surface area contributed by atoms with Gasteiger partial charge in [-0.1, -0.05) is 30.3 Å². The van der Waals surface area contributed by atoms with E-state index in [1.54, 1.807) is 0 Å². The standard InChI is InChI=1S/C17H29N3O/c1-14(2)20-10-8-19(9-11-20)13-17(21)16(18)12-15-6-4-3-5-7-15/h3-7,14,16-17,21H,8-13,18H2,1-2H3. The molecule has 1 aromatic carbocycles. The first-order valence-electron chi connectivity index (χ1n) is 8.00. The van der Waals surface area contributed by atoms with Crippen molar-refractivity contribution in [2.75, 3.05) is 32.7 Å². The number of benzene rings is 1. The van der Waals surface area contributed by atoms with Crippen molar-refractivity contribution in [3.8, 4) is 0 Å². The Morgan fingerprint density at radius 1 is 1.10 bits per heavy atom. The van der Waals surface area contributed by atoms with Crippen LogP contribution in [0.3, 0.4) is 0 Å². The molecule has 118 valence electrons. The maximum absolute atomic E-state index is 10.3. The van der Waals surface area contributed by atoms with Crippen LogP contribution in [0.25, 0.3) is 0 Å². The lowest BCUT2D eigenvalue weighted by molar-refractivity contribution is 0.0516. The van der Waals surface area contributed by atoms with Gasteiger partial charge in [0.05, 0.1) is 6.10 Å². The van der Waals surface area contributed by atoms with Crippen molar-refractivity contribution in [2.24, 2.45) is 5.73 Å². The summed E-state index contributed by atoms with van der Waals surface area (Å²) >= 11 is 0. The number of hydrogen-bond donors (Lipinski definition) is 2. The van der Waals surface area contributed by atoms with E-state index in [9.17, 15) is 5.11 Å². The van der Waals surface area contributed by atoms with Gasteiger partial charge in [0.25, 0.3) is 0 Å². The second-order valence-corrected chi connectivity index (χ2v) is 6.35. The summed E-state index contributed by atoms with van der Waals surface area (Å²) in [6, 6.07) is 10.6. The Hall–Kier alpha value is -0.940. The lowest BCUT2D eigenvalue weighted by atomic mass is 10.0. The van der Waals surface area contributed by atoms with Crippen LogP contribution in [-0.2, 0) is 6.42 Å². The molecule has 4 heteroatoms. The molecule has 0 aliphatic carbocycles. The Bertz CT molecular complexity index is 402. The molecule has 1 saturated heterocycles. The number of piperazine rings is 1. The first-order chi connectivity index (χ1) is 10.1. The molecule has 4 nitrogen and oxygen atoms in total. The van der Waals surface area contributed by atoms with Gasteiger partial charge in [-0.2, -0.15) is 0 Å². The first-order valence-corrected chi connectivity index (χ1v) is 8.00. The smallest absolute Gasteiger partial charge is 0.0820 e. The first kappa shape index (κ1) is 16.4.